The molecular weight excluding hydrogens is 298 g/mol. The first-order valence-electron chi connectivity index (χ1n) is 6.63. The van der Waals surface area contributed by atoms with Crippen molar-refractivity contribution in [2.75, 3.05) is 6.61 Å². The van der Waals surface area contributed by atoms with Crippen molar-refractivity contribution in [1.29, 1.82) is 0 Å². The van der Waals surface area contributed by atoms with Gasteiger partial charge in [0.1, 0.15) is 0 Å². The maximum absolute atomic E-state index is 12.9. The molecule has 22 heavy (non-hydrogen) atoms. The van der Waals surface area contributed by atoms with Gasteiger partial charge in [0.2, 0.25) is 0 Å². The fourth-order valence-corrected chi connectivity index (χ4v) is 3.59. The summed E-state index contributed by atoms with van der Waals surface area (Å²) in [7, 11) is -3.77. The summed E-state index contributed by atoms with van der Waals surface area (Å²) in [4.78, 5) is 0.0783. The van der Waals surface area contributed by atoms with Crippen LogP contribution in [0.15, 0.2) is 70.7 Å². The van der Waals surface area contributed by atoms with E-state index in [-0.39, 0.29) is 11.5 Å². The molecule has 0 unspecified atom stereocenters. The van der Waals surface area contributed by atoms with Gasteiger partial charge in [0, 0.05) is 17.5 Å². The van der Waals surface area contributed by atoms with E-state index >= 15 is 0 Å². The molecule has 1 aromatic rings. The van der Waals surface area contributed by atoms with Gasteiger partial charge in [0.25, 0.3) is 10.0 Å². The topological polar surface area (TPSA) is 59.3 Å². The molecule has 0 aromatic carbocycles. The number of nitrogens with zero attached hydrogens (tertiary/aromatic N) is 1. The lowest BCUT2D eigenvalue weighted by Crippen LogP contribution is -2.33. The van der Waals surface area contributed by atoms with Crippen molar-refractivity contribution in [3.05, 3.63) is 81.2 Å². The zero-order chi connectivity index (χ0) is 15.6. The van der Waals surface area contributed by atoms with Gasteiger partial charge in [-0.3, -0.25) is 0 Å². The predicted octanol–water partition coefficient (Wildman–Crippen LogP) is 0.479. The van der Waals surface area contributed by atoms with Crippen molar-refractivity contribution in [1.82, 2.24) is 3.97 Å². The van der Waals surface area contributed by atoms with Crippen molar-refractivity contribution >= 4 is 22.2 Å². The minimum atomic E-state index is -3.77. The molecule has 4 nitrogen and oxygen atoms in total. The van der Waals surface area contributed by atoms with Crippen LogP contribution in [0.3, 0.4) is 0 Å². The van der Waals surface area contributed by atoms with Crippen LogP contribution in [0.1, 0.15) is 0 Å². The summed E-state index contributed by atoms with van der Waals surface area (Å²) < 4.78 is 27.0. The first-order valence-corrected chi connectivity index (χ1v) is 8.07. The summed E-state index contributed by atoms with van der Waals surface area (Å²) in [5.41, 5.74) is 6.20. The Kier molecular flexibility index (Phi) is 3.72. The van der Waals surface area contributed by atoms with Crippen molar-refractivity contribution < 1.29 is 13.5 Å². The summed E-state index contributed by atoms with van der Waals surface area (Å²) in [5.74, 6) is 0. The van der Waals surface area contributed by atoms with E-state index in [1.807, 2.05) is 0 Å². The van der Waals surface area contributed by atoms with Crippen molar-refractivity contribution in [2.24, 2.45) is 0 Å². The van der Waals surface area contributed by atoms with Crippen LogP contribution >= 0.6 is 0 Å². The Morgan fingerprint density at radius 1 is 1.09 bits per heavy atom. The quantitative estimate of drug-likeness (QED) is 0.826. The number of rotatable bonds is 3. The summed E-state index contributed by atoms with van der Waals surface area (Å²) in [6.45, 7) is -0.235. The Hall–Kier alpha value is -2.55. The number of hydrogen-bond donors (Lipinski definition) is 1. The van der Waals surface area contributed by atoms with Crippen LogP contribution in [0.25, 0.3) is 12.2 Å². The van der Waals surface area contributed by atoms with Gasteiger partial charge in [-0.15, -0.1) is 11.5 Å². The van der Waals surface area contributed by atoms with Gasteiger partial charge in [-0.1, -0.05) is 0 Å². The van der Waals surface area contributed by atoms with Gasteiger partial charge in [-0.2, -0.15) is 0 Å². The van der Waals surface area contributed by atoms with Crippen molar-refractivity contribution in [3.63, 3.8) is 0 Å². The van der Waals surface area contributed by atoms with Gasteiger partial charge >= 0.3 is 0 Å². The molecule has 110 valence electrons. The highest BCUT2D eigenvalue weighted by Crippen LogP contribution is 2.15. The summed E-state index contributed by atoms with van der Waals surface area (Å²) >= 11 is 0. The standard InChI is InChI=1S/C17H13NO3S/c19-13-14-6-4-5-8-16(12-14)22(20,21)18-11-10-15-7-2-1-3-9-17(15)18/h2-4,6-12,19H,13H2. The SMILES string of the molecule is O=S(=O)(C1=CC(CO)=CC=C=C1)n1ccc2c1=CC=C=CC=2. The van der Waals surface area contributed by atoms with Crippen LogP contribution in [0.2, 0.25) is 0 Å². The van der Waals surface area contributed by atoms with E-state index in [4.69, 9.17) is 0 Å². The Morgan fingerprint density at radius 2 is 1.86 bits per heavy atom. The largest absolute Gasteiger partial charge is 0.392 e. The second-order valence-electron chi connectivity index (χ2n) is 4.71. The van der Waals surface area contributed by atoms with Crippen LogP contribution in [0.5, 0.6) is 0 Å². The van der Waals surface area contributed by atoms with E-state index in [2.05, 4.69) is 11.5 Å². The van der Waals surface area contributed by atoms with E-state index in [1.54, 1.807) is 42.5 Å². The lowest BCUT2D eigenvalue weighted by atomic mass is 10.2. The zero-order valence-corrected chi connectivity index (χ0v) is 12.4. The minimum absolute atomic E-state index is 0.0783. The van der Waals surface area contributed by atoms with E-state index in [0.29, 0.717) is 10.9 Å². The second-order valence-corrected chi connectivity index (χ2v) is 6.53. The minimum Gasteiger partial charge on any atom is -0.392 e. The predicted molar refractivity (Wildman–Crippen MR) is 85.5 cm³/mol. The summed E-state index contributed by atoms with van der Waals surface area (Å²) in [6.07, 6.45) is 14.5. The smallest absolute Gasteiger partial charge is 0.268 e. The maximum Gasteiger partial charge on any atom is 0.268 e. The maximum atomic E-state index is 12.9. The van der Waals surface area contributed by atoms with Gasteiger partial charge in [0.05, 0.1) is 16.9 Å². The number of aromatic nitrogens is 1. The third kappa shape index (κ3) is 2.50. The average molecular weight is 311 g/mol. The Labute approximate surface area is 128 Å². The number of fused-ring (bicyclic) bond motifs is 1. The first-order chi connectivity index (χ1) is 10.6. The molecule has 0 radical (unpaired) electrons. The number of aliphatic hydroxyl groups excluding tert-OH is 1. The highest BCUT2D eigenvalue weighted by molar-refractivity contribution is 7.94. The van der Waals surface area contributed by atoms with E-state index < -0.39 is 10.0 Å². The molecular formula is C17H13NO3S. The van der Waals surface area contributed by atoms with Gasteiger partial charge in [-0.05, 0) is 54.2 Å². The van der Waals surface area contributed by atoms with Crippen molar-refractivity contribution in [2.45, 2.75) is 0 Å². The molecule has 0 bridgehead atoms. The Balaban J connectivity index is 2.22. The summed E-state index contributed by atoms with van der Waals surface area (Å²) in [5, 5.41) is 10.6. The molecule has 2 aliphatic rings. The van der Waals surface area contributed by atoms with E-state index in [9.17, 15) is 13.5 Å². The number of aliphatic hydroxyl groups is 1. The molecule has 0 aliphatic heterocycles. The lowest BCUT2D eigenvalue weighted by Gasteiger charge is -2.07. The lowest BCUT2D eigenvalue weighted by molar-refractivity contribution is 0.335. The average Bonchev–Trinajstić information content (AvgIpc) is 2.71. The van der Waals surface area contributed by atoms with E-state index in [1.165, 1.54) is 22.3 Å². The van der Waals surface area contributed by atoms with Crippen molar-refractivity contribution in [3.8, 4) is 0 Å². The van der Waals surface area contributed by atoms with Gasteiger partial charge < -0.3 is 5.11 Å². The van der Waals surface area contributed by atoms with E-state index in [0.717, 1.165) is 5.22 Å². The molecule has 1 aromatic heterocycles. The molecule has 1 heterocycles. The monoisotopic (exact) mass is 311 g/mol. The van der Waals surface area contributed by atoms with Crippen LogP contribution in [0, 0.1) is 0 Å². The Morgan fingerprint density at radius 3 is 2.68 bits per heavy atom. The molecule has 0 saturated heterocycles. The second kappa shape index (κ2) is 5.68. The number of hydrogen-bond acceptors (Lipinski definition) is 3. The molecule has 5 heteroatoms. The molecule has 1 N–H and O–H groups in total. The molecule has 2 aliphatic carbocycles. The summed E-state index contributed by atoms with van der Waals surface area (Å²) in [6, 6.07) is 1.74. The molecule has 0 atom stereocenters. The van der Waals surface area contributed by atoms with Gasteiger partial charge in [-0.25, -0.2) is 12.4 Å². The molecule has 3 rings (SSSR count). The van der Waals surface area contributed by atoms with Crippen LogP contribution in [0.4, 0.5) is 0 Å². The molecule has 0 spiro atoms. The molecule has 0 saturated carbocycles. The molecule has 0 amide bonds. The van der Waals surface area contributed by atoms with Crippen LogP contribution < -0.4 is 10.6 Å². The highest BCUT2D eigenvalue weighted by Gasteiger charge is 2.19. The van der Waals surface area contributed by atoms with Gasteiger partial charge in [0.15, 0.2) is 0 Å². The number of allylic oxidation sites excluding steroid dienone is 3. The Bertz CT molecular complexity index is 1030. The first kappa shape index (κ1) is 14.4. The fraction of sp³-hybridized carbons (Fsp3) is 0.0588. The third-order valence-electron chi connectivity index (χ3n) is 3.31. The fourth-order valence-electron chi connectivity index (χ4n) is 2.20. The third-order valence-corrected chi connectivity index (χ3v) is 4.97. The zero-order valence-electron chi connectivity index (χ0n) is 11.6. The highest BCUT2D eigenvalue weighted by atomic mass is 32.2. The van der Waals surface area contributed by atoms with Crippen LogP contribution in [-0.2, 0) is 10.0 Å². The van der Waals surface area contributed by atoms with Crippen LogP contribution in [-0.4, -0.2) is 24.1 Å². The molecule has 0 fully saturated rings. The normalized spacial score (nSPS) is 16.0.